The number of aliphatic carboxylic acids is 1. The van der Waals surface area contributed by atoms with Crippen LogP contribution in [0.1, 0.15) is 28.8 Å². The Balaban J connectivity index is 1.69. The molecule has 0 spiro atoms. The average Bonchev–Trinajstić information content (AvgIpc) is 3.19. The lowest BCUT2D eigenvalue weighted by Crippen LogP contribution is -2.13. The average molecular weight is 503 g/mol. The molecular formula is C20H15ClF4N4O3S. The van der Waals surface area contributed by atoms with Crippen molar-refractivity contribution in [2.24, 2.45) is 0 Å². The first kappa shape index (κ1) is 24.4. The monoisotopic (exact) mass is 502 g/mol. The molecule has 13 heteroatoms. The Morgan fingerprint density at radius 1 is 1.24 bits per heavy atom. The summed E-state index contributed by atoms with van der Waals surface area (Å²) in [6, 6.07) is 4.21. The SMILES string of the molecule is O=C(O)CCCNc1ncc(C(=O)Nc2nc(-c3cccc(C(F)(F)F)c3F)cs2)cc1Cl. The molecule has 2 aromatic heterocycles. The van der Waals surface area contributed by atoms with Gasteiger partial charge < -0.3 is 10.4 Å². The number of hydrogen-bond acceptors (Lipinski definition) is 6. The van der Waals surface area contributed by atoms with Gasteiger partial charge in [-0.15, -0.1) is 11.3 Å². The second kappa shape index (κ2) is 10.1. The second-order valence-electron chi connectivity index (χ2n) is 6.64. The molecular weight excluding hydrogens is 488 g/mol. The Morgan fingerprint density at radius 2 is 2.00 bits per heavy atom. The summed E-state index contributed by atoms with van der Waals surface area (Å²) >= 11 is 7.01. The van der Waals surface area contributed by atoms with E-state index < -0.39 is 29.4 Å². The van der Waals surface area contributed by atoms with Crippen LogP contribution >= 0.6 is 22.9 Å². The molecule has 0 aliphatic heterocycles. The van der Waals surface area contributed by atoms with E-state index in [0.29, 0.717) is 19.0 Å². The van der Waals surface area contributed by atoms with Gasteiger partial charge >= 0.3 is 12.1 Å². The van der Waals surface area contributed by atoms with Crippen LogP contribution in [0.4, 0.5) is 28.5 Å². The minimum Gasteiger partial charge on any atom is -0.481 e. The van der Waals surface area contributed by atoms with Gasteiger partial charge in [-0.05, 0) is 24.6 Å². The molecule has 2 heterocycles. The van der Waals surface area contributed by atoms with Crippen molar-refractivity contribution in [3.63, 3.8) is 0 Å². The van der Waals surface area contributed by atoms with Gasteiger partial charge in [-0.2, -0.15) is 13.2 Å². The number of rotatable bonds is 8. The van der Waals surface area contributed by atoms with Crippen molar-refractivity contribution in [3.05, 3.63) is 57.8 Å². The van der Waals surface area contributed by atoms with Gasteiger partial charge in [-0.3, -0.25) is 14.9 Å². The Morgan fingerprint density at radius 3 is 2.67 bits per heavy atom. The van der Waals surface area contributed by atoms with Crippen molar-refractivity contribution in [3.8, 4) is 11.3 Å². The highest BCUT2D eigenvalue weighted by Gasteiger charge is 2.35. The normalized spacial score (nSPS) is 11.3. The molecule has 174 valence electrons. The van der Waals surface area contributed by atoms with E-state index >= 15 is 0 Å². The molecule has 0 radical (unpaired) electrons. The van der Waals surface area contributed by atoms with E-state index in [4.69, 9.17) is 16.7 Å². The fourth-order valence-corrected chi connectivity index (χ4v) is 3.65. The summed E-state index contributed by atoms with van der Waals surface area (Å²) in [7, 11) is 0. The lowest BCUT2D eigenvalue weighted by molar-refractivity contribution is -0.140. The fourth-order valence-electron chi connectivity index (χ4n) is 2.71. The molecule has 0 fully saturated rings. The molecule has 33 heavy (non-hydrogen) atoms. The van der Waals surface area contributed by atoms with E-state index in [1.165, 1.54) is 17.6 Å². The highest BCUT2D eigenvalue weighted by Crippen LogP contribution is 2.36. The molecule has 0 aliphatic carbocycles. The molecule has 0 atom stereocenters. The van der Waals surface area contributed by atoms with Gasteiger partial charge in [0.05, 0.1) is 21.8 Å². The smallest absolute Gasteiger partial charge is 0.419 e. The van der Waals surface area contributed by atoms with Gasteiger partial charge in [-0.25, -0.2) is 14.4 Å². The van der Waals surface area contributed by atoms with E-state index in [1.54, 1.807) is 0 Å². The number of carboxylic acid groups (broad SMARTS) is 1. The quantitative estimate of drug-likeness (QED) is 0.276. The van der Waals surface area contributed by atoms with Crippen LogP contribution < -0.4 is 10.6 Å². The molecule has 0 aliphatic rings. The number of hydrogen-bond donors (Lipinski definition) is 3. The molecule has 0 saturated carbocycles. The molecule has 3 rings (SSSR count). The van der Waals surface area contributed by atoms with E-state index in [2.05, 4.69) is 20.6 Å². The predicted octanol–water partition coefficient (Wildman–Crippen LogP) is 5.55. The number of amides is 1. The zero-order valence-corrected chi connectivity index (χ0v) is 18.1. The van der Waals surface area contributed by atoms with Crippen LogP contribution in [-0.4, -0.2) is 33.5 Å². The van der Waals surface area contributed by atoms with Crippen molar-refractivity contribution >= 4 is 45.8 Å². The molecule has 3 N–H and O–H groups in total. The van der Waals surface area contributed by atoms with E-state index in [-0.39, 0.29) is 39.2 Å². The van der Waals surface area contributed by atoms with Crippen LogP contribution in [-0.2, 0) is 11.0 Å². The lowest BCUT2D eigenvalue weighted by atomic mass is 10.1. The van der Waals surface area contributed by atoms with Gasteiger partial charge in [-0.1, -0.05) is 17.7 Å². The minimum atomic E-state index is -4.85. The third-order valence-electron chi connectivity index (χ3n) is 4.27. The van der Waals surface area contributed by atoms with Crippen LogP contribution in [0.25, 0.3) is 11.3 Å². The van der Waals surface area contributed by atoms with Gasteiger partial charge in [0, 0.05) is 30.1 Å². The fraction of sp³-hybridized carbons (Fsp3) is 0.200. The minimum absolute atomic E-state index is 0.0225. The van der Waals surface area contributed by atoms with E-state index in [0.717, 1.165) is 23.5 Å². The van der Waals surface area contributed by atoms with Crippen LogP contribution in [0.2, 0.25) is 5.02 Å². The maximum absolute atomic E-state index is 14.3. The number of halogens is 5. The Labute approximate surface area is 193 Å². The number of pyridine rings is 1. The first-order chi connectivity index (χ1) is 15.6. The van der Waals surface area contributed by atoms with Gasteiger partial charge in [0.25, 0.3) is 5.91 Å². The highest BCUT2D eigenvalue weighted by atomic mass is 35.5. The largest absolute Gasteiger partial charge is 0.481 e. The number of carboxylic acids is 1. The third-order valence-corrected chi connectivity index (χ3v) is 5.31. The van der Waals surface area contributed by atoms with Crippen LogP contribution in [0.3, 0.4) is 0 Å². The van der Waals surface area contributed by atoms with Gasteiger partial charge in [0.1, 0.15) is 11.6 Å². The molecule has 0 saturated heterocycles. The number of alkyl halides is 3. The summed E-state index contributed by atoms with van der Waals surface area (Å²) in [4.78, 5) is 31.0. The topological polar surface area (TPSA) is 104 Å². The first-order valence-corrected chi connectivity index (χ1v) is 10.6. The zero-order chi connectivity index (χ0) is 24.2. The number of benzene rings is 1. The van der Waals surface area contributed by atoms with Crippen molar-refractivity contribution in [2.45, 2.75) is 19.0 Å². The number of carbonyl (C=O) groups is 2. The summed E-state index contributed by atoms with van der Waals surface area (Å²) < 4.78 is 53.1. The lowest BCUT2D eigenvalue weighted by Gasteiger charge is -2.10. The number of carbonyl (C=O) groups excluding carboxylic acids is 1. The molecule has 0 unspecified atom stereocenters. The maximum atomic E-state index is 14.3. The number of aromatic nitrogens is 2. The number of anilines is 2. The number of thiazole rings is 1. The zero-order valence-electron chi connectivity index (χ0n) is 16.5. The van der Waals surface area contributed by atoms with Crippen molar-refractivity contribution < 1.29 is 32.3 Å². The van der Waals surface area contributed by atoms with Crippen molar-refractivity contribution in [1.29, 1.82) is 0 Å². The molecule has 3 aromatic rings. The van der Waals surface area contributed by atoms with E-state index in [1.807, 2.05) is 0 Å². The van der Waals surface area contributed by atoms with Gasteiger partial charge in [0.2, 0.25) is 0 Å². The Hall–Kier alpha value is -3.25. The van der Waals surface area contributed by atoms with Crippen molar-refractivity contribution in [2.75, 3.05) is 17.2 Å². The predicted molar refractivity (Wildman–Crippen MR) is 115 cm³/mol. The highest BCUT2D eigenvalue weighted by molar-refractivity contribution is 7.14. The van der Waals surface area contributed by atoms with Crippen LogP contribution in [0.5, 0.6) is 0 Å². The molecule has 7 nitrogen and oxygen atoms in total. The standard InChI is InChI=1S/C20H15ClF4N4O3S/c21-13-7-10(8-27-17(13)26-6-2-5-15(30)31)18(32)29-19-28-14(9-33-19)11-3-1-4-12(16(11)22)20(23,24)25/h1,3-4,7-9H,2,5-6H2,(H,26,27)(H,30,31)(H,28,29,32). The van der Waals surface area contributed by atoms with E-state index in [9.17, 15) is 27.2 Å². The number of nitrogens with one attached hydrogen (secondary N) is 2. The van der Waals surface area contributed by atoms with Gasteiger partial charge in [0.15, 0.2) is 5.13 Å². The number of nitrogens with zero attached hydrogens (tertiary/aromatic N) is 2. The molecule has 0 bridgehead atoms. The summed E-state index contributed by atoms with van der Waals surface area (Å²) in [5, 5.41) is 15.4. The Bertz CT molecular complexity index is 1190. The summed E-state index contributed by atoms with van der Waals surface area (Å²) in [6.07, 6.45) is -3.28. The maximum Gasteiger partial charge on any atom is 0.419 e. The third kappa shape index (κ3) is 6.17. The summed E-state index contributed by atoms with van der Waals surface area (Å²) in [5.74, 6) is -2.73. The summed E-state index contributed by atoms with van der Waals surface area (Å²) in [5.41, 5.74) is -1.73. The molecule has 1 amide bonds. The molecule has 1 aromatic carbocycles. The van der Waals surface area contributed by atoms with Crippen LogP contribution in [0.15, 0.2) is 35.8 Å². The Kier molecular flexibility index (Phi) is 7.49. The van der Waals surface area contributed by atoms with Crippen LogP contribution in [0, 0.1) is 5.82 Å². The second-order valence-corrected chi connectivity index (χ2v) is 7.90. The first-order valence-electron chi connectivity index (χ1n) is 9.30. The van der Waals surface area contributed by atoms with Crippen molar-refractivity contribution in [1.82, 2.24) is 9.97 Å². The summed E-state index contributed by atoms with van der Waals surface area (Å²) in [6.45, 7) is 0.318.